The highest BCUT2D eigenvalue weighted by molar-refractivity contribution is 5.97. The van der Waals surface area contributed by atoms with Crippen molar-refractivity contribution in [3.63, 3.8) is 0 Å². The number of hydrogen-bond acceptors (Lipinski definition) is 4. The second kappa shape index (κ2) is 8.65. The lowest BCUT2D eigenvalue weighted by atomic mass is 9.84. The molecule has 1 unspecified atom stereocenters. The first-order valence-corrected chi connectivity index (χ1v) is 10.1. The molecule has 1 atom stereocenters. The van der Waals surface area contributed by atoms with Gasteiger partial charge in [-0.15, -0.1) is 5.10 Å². The van der Waals surface area contributed by atoms with Crippen LogP contribution in [0, 0.1) is 11.7 Å². The van der Waals surface area contributed by atoms with Crippen LogP contribution in [0.25, 0.3) is 0 Å². The number of ether oxygens (including phenoxy) is 1. The van der Waals surface area contributed by atoms with Crippen molar-refractivity contribution in [3.8, 4) is 0 Å². The van der Waals surface area contributed by atoms with Gasteiger partial charge in [-0.1, -0.05) is 37.1 Å². The molecule has 4 rings (SSSR count). The van der Waals surface area contributed by atoms with Crippen molar-refractivity contribution in [3.05, 3.63) is 71.0 Å². The van der Waals surface area contributed by atoms with E-state index in [1.165, 1.54) is 17.1 Å². The van der Waals surface area contributed by atoms with E-state index in [-0.39, 0.29) is 36.7 Å². The summed E-state index contributed by atoms with van der Waals surface area (Å²) in [5.74, 6) is -1.48. The fourth-order valence-corrected chi connectivity index (χ4v) is 4.17. The van der Waals surface area contributed by atoms with Crippen LogP contribution in [0.4, 0.5) is 4.39 Å². The Morgan fingerprint density at radius 2 is 1.80 bits per heavy atom. The standard InChI is InChI=1S/C23H23FN2O4/c24-19-11-9-18(10-12-19)22-25-26(20(27)14-30-22)13-15-5-7-17(8-6-15)21(23(28)29)16-3-1-2-4-16/h5-12,16,21H,1-4,13-14H2,(H,28,29). The van der Waals surface area contributed by atoms with Gasteiger partial charge in [0.2, 0.25) is 5.90 Å². The molecule has 0 aromatic heterocycles. The van der Waals surface area contributed by atoms with Gasteiger partial charge in [-0.3, -0.25) is 9.59 Å². The molecular weight excluding hydrogens is 387 g/mol. The van der Waals surface area contributed by atoms with Crippen LogP contribution in [0.15, 0.2) is 53.6 Å². The Balaban J connectivity index is 1.50. The van der Waals surface area contributed by atoms with E-state index in [0.29, 0.717) is 5.56 Å². The number of nitrogens with zero attached hydrogens (tertiary/aromatic N) is 2. The van der Waals surface area contributed by atoms with Gasteiger partial charge in [-0.2, -0.15) is 0 Å². The van der Waals surface area contributed by atoms with Crippen LogP contribution in [0.3, 0.4) is 0 Å². The minimum atomic E-state index is -0.786. The number of carboxylic acid groups (broad SMARTS) is 1. The molecule has 1 aliphatic carbocycles. The normalized spacial score (nSPS) is 18.1. The van der Waals surface area contributed by atoms with Gasteiger partial charge < -0.3 is 9.84 Å². The van der Waals surface area contributed by atoms with Crippen molar-refractivity contribution in [2.24, 2.45) is 11.0 Å². The van der Waals surface area contributed by atoms with Crippen LogP contribution in [0.5, 0.6) is 0 Å². The van der Waals surface area contributed by atoms with Gasteiger partial charge >= 0.3 is 5.97 Å². The first-order chi connectivity index (χ1) is 14.5. The maximum Gasteiger partial charge on any atom is 0.311 e. The fourth-order valence-electron chi connectivity index (χ4n) is 4.17. The average molecular weight is 410 g/mol. The molecule has 30 heavy (non-hydrogen) atoms. The summed E-state index contributed by atoms with van der Waals surface area (Å²) >= 11 is 0. The first kappa shape index (κ1) is 20.1. The van der Waals surface area contributed by atoms with Crippen molar-refractivity contribution < 1.29 is 23.8 Å². The molecule has 1 fully saturated rings. The molecular formula is C23H23FN2O4. The quantitative estimate of drug-likeness (QED) is 0.783. The largest absolute Gasteiger partial charge is 0.481 e. The SMILES string of the molecule is O=C(O)C(c1ccc(CN2N=C(c3ccc(F)cc3)OCC2=O)cc1)C1CCCC1. The zero-order valence-electron chi connectivity index (χ0n) is 16.5. The summed E-state index contributed by atoms with van der Waals surface area (Å²) in [6.07, 6.45) is 4.06. The van der Waals surface area contributed by atoms with Gasteiger partial charge in [0.15, 0.2) is 6.61 Å². The molecule has 6 nitrogen and oxygen atoms in total. The number of carbonyl (C=O) groups excluding carboxylic acids is 1. The third kappa shape index (κ3) is 4.35. The average Bonchev–Trinajstić information content (AvgIpc) is 3.26. The van der Waals surface area contributed by atoms with Crippen molar-refractivity contribution in [2.45, 2.75) is 38.1 Å². The number of carbonyl (C=O) groups is 2. The maximum atomic E-state index is 13.1. The van der Waals surface area contributed by atoms with Crippen LogP contribution in [-0.4, -0.2) is 34.5 Å². The number of hydrogen-bond donors (Lipinski definition) is 1. The molecule has 1 N–H and O–H groups in total. The molecule has 0 saturated heterocycles. The number of hydrazone groups is 1. The van der Waals surface area contributed by atoms with Crippen LogP contribution >= 0.6 is 0 Å². The lowest BCUT2D eigenvalue weighted by molar-refractivity contribution is -0.140. The van der Waals surface area contributed by atoms with Crippen molar-refractivity contribution in [2.75, 3.05) is 6.61 Å². The molecule has 1 aliphatic heterocycles. The van der Waals surface area contributed by atoms with E-state index in [1.807, 2.05) is 24.3 Å². The van der Waals surface area contributed by atoms with Crippen LogP contribution in [-0.2, 0) is 20.9 Å². The summed E-state index contributed by atoms with van der Waals surface area (Å²) in [7, 11) is 0. The molecule has 7 heteroatoms. The minimum Gasteiger partial charge on any atom is -0.481 e. The van der Waals surface area contributed by atoms with Crippen LogP contribution in [0.2, 0.25) is 0 Å². The molecule has 0 spiro atoms. The summed E-state index contributed by atoms with van der Waals surface area (Å²) in [6, 6.07) is 13.1. The first-order valence-electron chi connectivity index (χ1n) is 10.1. The lowest BCUT2D eigenvalue weighted by Gasteiger charge is -2.24. The molecule has 1 saturated carbocycles. The highest BCUT2D eigenvalue weighted by atomic mass is 19.1. The van der Waals surface area contributed by atoms with Crippen LogP contribution < -0.4 is 0 Å². The second-order valence-corrected chi connectivity index (χ2v) is 7.75. The lowest BCUT2D eigenvalue weighted by Crippen LogP contribution is -2.36. The summed E-state index contributed by atoms with van der Waals surface area (Å²) < 4.78 is 18.5. The molecule has 156 valence electrons. The van der Waals surface area contributed by atoms with Gasteiger partial charge in [0.1, 0.15) is 5.82 Å². The maximum absolute atomic E-state index is 13.1. The van der Waals surface area contributed by atoms with E-state index in [9.17, 15) is 19.1 Å². The van der Waals surface area contributed by atoms with Gasteiger partial charge in [0, 0.05) is 5.56 Å². The zero-order valence-corrected chi connectivity index (χ0v) is 16.5. The summed E-state index contributed by atoms with van der Waals surface area (Å²) in [4.78, 5) is 24.0. The number of rotatable bonds is 6. The Labute approximate surface area is 174 Å². The number of carboxylic acids is 1. The van der Waals surface area contributed by atoms with E-state index >= 15 is 0 Å². The van der Waals surface area contributed by atoms with Gasteiger partial charge in [0.25, 0.3) is 5.91 Å². The van der Waals surface area contributed by atoms with Crippen molar-refractivity contribution >= 4 is 17.8 Å². The molecule has 1 amide bonds. The molecule has 0 bridgehead atoms. The number of benzene rings is 2. The number of halogens is 1. The molecule has 2 aromatic rings. The van der Waals surface area contributed by atoms with E-state index < -0.39 is 11.9 Å². The van der Waals surface area contributed by atoms with E-state index in [0.717, 1.165) is 36.8 Å². The van der Waals surface area contributed by atoms with Gasteiger partial charge in [0.05, 0.1) is 12.5 Å². The fraction of sp³-hybridized carbons (Fsp3) is 0.348. The molecule has 1 heterocycles. The topological polar surface area (TPSA) is 79.2 Å². The molecule has 0 radical (unpaired) electrons. The molecule has 2 aromatic carbocycles. The summed E-state index contributed by atoms with van der Waals surface area (Å²) in [5.41, 5.74) is 2.22. The Morgan fingerprint density at radius 1 is 1.13 bits per heavy atom. The van der Waals surface area contributed by atoms with Crippen LogP contribution in [0.1, 0.15) is 48.3 Å². The predicted octanol–water partition coefficient (Wildman–Crippen LogP) is 3.90. The third-order valence-corrected chi connectivity index (χ3v) is 5.73. The Morgan fingerprint density at radius 3 is 2.43 bits per heavy atom. The second-order valence-electron chi connectivity index (χ2n) is 7.75. The predicted molar refractivity (Wildman–Crippen MR) is 108 cm³/mol. The monoisotopic (exact) mass is 410 g/mol. The van der Waals surface area contributed by atoms with Gasteiger partial charge in [-0.25, -0.2) is 9.40 Å². The Hall–Kier alpha value is -3.22. The summed E-state index contributed by atoms with van der Waals surface area (Å²) in [6.45, 7) is 0.103. The number of aliphatic carboxylic acids is 1. The zero-order chi connectivity index (χ0) is 21.1. The highest BCUT2D eigenvalue weighted by Crippen LogP contribution is 2.37. The van der Waals surface area contributed by atoms with E-state index in [2.05, 4.69) is 5.10 Å². The Kier molecular flexibility index (Phi) is 5.79. The van der Waals surface area contributed by atoms with Gasteiger partial charge in [-0.05, 0) is 54.2 Å². The van der Waals surface area contributed by atoms with Crippen molar-refractivity contribution in [1.82, 2.24) is 5.01 Å². The third-order valence-electron chi connectivity index (χ3n) is 5.73. The minimum absolute atomic E-state index is 0.142. The smallest absolute Gasteiger partial charge is 0.311 e. The van der Waals surface area contributed by atoms with Crippen molar-refractivity contribution in [1.29, 1.82) is 0 Å². The molecule has 2 aliphatic rings. The Bertz CT molecular complexity index is 950. The summed E-state index contributed by atoms with van der Waals surface area (Å²) in [5, 5.41) is 15.3. The van der Waals surface area contributed by atoms with E-state index in [1.54, 1.807) is 12.1 Å². The highest BCUT2D eigenvalue weighted by Gasteiger charge is 2.32. The number of amides is 1. The van der Waals surface area contributed by atoms with E-state index in [4.69, 9.17) is 4.74 Å².